The molecule has 2 amide bonds. The smallest absolute Gasteiger partial charge is 0.328 e. The lowest BCUT2D eigenvalue weighted by Gasteiger charge is -2.33. The van der Waals surface area contributed by atoms with Crippen LogP contribution in [0.15, 0.2) is 42.6 Å². The maximum absolute atomic E-state index is 13.0. The van der Waals surface area contributed by atoms with Crippen molar-refractivity contribution in [2.24, 2.45) is 17.8 Å². The van der Waals surface area contributed by atoms with Crippen molar-refractivity contribution >= 4 is 40.9 Å². The first-order valence-electron chi connectivity index (χ1n) is 11.6. The van der Waals surface area contributed by atoms with Crippen LogP contribution >= 0.6 is 11.6 Å². The van der Waals surface area contributed by atoms with Gasteiger partial charge in [0.2, 0.25) is 5.91 Å². The lowest BCUT2D eigenvalue weighted by atomic mass is 9.73. The highest BCUT2D eigenvalue weighted by Gasteiger charge is 2.36. The van der Waals surface area contributed by atoms with Gasteiger partial charge in [0, 0.05) is 30.1 Å². The monoisotopic (exact) mass is 499 g/mol. The molecule has 1 fully saturated rings. The molecule has 8 nitrogen and oxygen atoms in total. The first kappa shape index (κ1) is 26.3. The van der Waals surface area contributed by atoms with Crippen LogP contribution in [0, 0.1) is 17.8 Å². The van der Waals surface area contributed by atoms with Crippen molar-refractivity contribution < 1.29 is 23.9 Å². The van der Waals surface area contributed by atoms with Gasteiger partial charge < -0.3 is 15.4 Å². The number of pyridine rings is 1. The number of nitrogens with zero attached hydrogens (tertiary/aromatic N) is 1. The summed E-state index contributed by atoms with van der Waals surface area (Å²) in [6, 6.07) is 9.26. The van der Waals surface area contributed by atoms with Crippen molar-refractivity contribution in [2.75, 3.05) is 12.4 Å². The Labute approximate surface area is 209 Å². The summed E-state index contributed by atoms with van der Waals surface area (Å²) < 4.78 is 4.91. The maximum Gasteiger partial charge on any atom is 0.328 e. The summed E-state index contributed by atoms with van der Waals surface area (Å²) in [5.74, 6) is -1.41. The Morgan fingerprint density at radius 3 is 2.49 bits per heavy atom. The van der Waals surface area contributed by atoms with Crippen LogP contribution in [0.4, 0.5) is 5.69 Å². The molecule has 0 saturated heterocycles. The number of methoxy groups -OCH3 is 1. The van der Waals surface area contributed by atoms with Gasteiger partial charge in [0.15, 0.2) is 0 Å². The molecule has 1 aliphatic rings. The van der Waals surface area contributed by atoms with E-state index in [4.69, 9.17) is 16.3 Å². The normalized spacial score (nSPS) is 20.4. The van der Waals surface area contributed by atoms with Gasteiger partial charge in [-0.1, -0.05) is 30.7 Å². The average molecular weight is 500 g/mol. The molecule has 1 saturated carbocycles. The molecule has 1 aromatic carbocycles. The second-order valence-electron chi connectivity index (χ2n) is 8.99. The van der Waals surface area contributed by atoms with Gasteiger partial charge in [-0.15, -0.1) is 0 Å². The molecule has 1 aliphatic carbocycles. The molecule has 4 atom stereocenters. The third-order valence-electron chi connectivity index (χ3n) is 6.57. The van der Waals surface area contributed by atoms with Gasteiger partial charge in [-0.25, -0.2) is 9.78 Å². The maximum atomic E-state index is 13.0. The lowest BCUT2D eigenvalue weighted by Crippen LogP contribution is -2.48. The summed E-state index contributed by atoms with van der Waals surface area (Å²) in [5.41, 5.74) is 1.58. The highest BCUT2D eigenvalue weighted by Crippen LogP contribution is 2.34. The van der Waals surface area contributed by atoms with Crippen molar-refractivity contribution in [3.05, 3.63) is 58.9 Å². The van der Waals surface area contributed by atoms with E-state index in [1.165, 1.54) is 13.3 Å². The van der Waals surface area contributed by atoms with Crippen LogP contribution in [-0.4, -0.2) is 41.7 Å². The van der Waals surface area contributed by atoms with Crippen molar-refractivity contribution in [3.63, 3.8) is 0 Å². The van der Waals surface area contributed by atoms with E-state index in [-0.39, 0.29) is 52.5 Å². The summed E-state index contributed by atoms with van der Waals surface area (Å²) in [6.07, 6.45) is 3.80. The van der Waals surface area contributed by atoms with E-state index in [0.29, 0.717) is 12.1 Å². The van der Waals surface area contributed by atoms with Gasteiger partial charge >= 0.3 is 5.97 Å². The number of aromatic nitrogens is 1. The Bertz CT molecular complexity index is 1090. The molecule has 1 aromatic heterocycles. The Kier molecular flexibility index (Phi) is 8.98. The van der Waals surface area contributed by atoms with Crippen molar-refractivity contribution in [2.45, 2.75) is 45.6 Å². The fourth-order valence-electron chi connectivity index (χ4n) is 4.38. The molecule has 0 spiro atoms. The number of carbonyl (C=O) groups excluding carboxylic acids is 4. The molecule has 35 heavy (non-hydrogen) atoms. The summed E-state index contributed by atoms with van der Waals surface area (Å²) in [6.45, 7) is 3.56. The number of rotatable bonds is 8. The first-order chi connectivity index (χ1) is 16.7. The van der Waals surface area contributed by atoms with Gasteiger partial charge in [-0.2, -0.15) is 0 Å². The molecule has 9 heteroatoms. The number of hydrogen-bond acceptors (Lipinski definition) is 6. The van der Waals surface area contributed by atoms with Gasteiger partial charge in [-0.05, 0) is 61.9 Å². The minimum Gasteiger partial charge on any atom is -0.467 e. The van der Waals surface area contributed by atoms with Gasteiger partial charge in [0.1, 0.15) is 17.0 Å². The van der Waals surface area contributed by atoms with Crippen LogP contribution in [0.3, 0.4) is 0 Å². The van der Waals surface area contributed by atoms with Crippen molar-refractivity contribution in [1.29, 1.82) is 0 Å². The van der Waals surface area contributed by atoms with E-state index in [0.717, 1.165) is 18.4 Å². The molecule has 2 unspecified atom stereocenters. The number of amides is 2. The minimum absolute atomic E-state index is 0.0946. The van der Waals surface area contributed by atoms with Crippen LogP contribution in [-0.2, 0) is 25.5 Å². The van der Waals surface area contributed by atoms with E-state index in [1.54, 1.807) is 43.3 Å². The number of anilines is 1. The zero-order valence-corrected chi connectivity index (χ0v) is 20.8. The topological polar surface area (TPSA) is 114 Å². The summed E-state index contributed by atoms with van der Waals surface area (Å²) in [7, 11) is 1.28. The Balaban J connectivity index is 1.65. The molecular weight excluding hydrogens is 470 g/mol. The zero-order chi connectivity index (χ0) is 25.5. The van der Waals surface area contributed by atoms with E-state index < -0.39 is 12.0 Å². The number of carbonyl (C=O) groups is 4. The number of nitrogens with one attached hydrogen (secondary N) is 2. The average Bonchev–Trinajstić information content (AvgIpc) is 2.84. The number of ketones is 1. The van der Waals surface area contributed by atoms with E-state index >= 15 is 0 Å². The predicted octanol–water partition coefficient (Wildman–Crippen LogP) is 3.83. The molecule has 3 rings (SSSR count). The molecule has 186 valence electrons. The van der Waals surface area contributed by atoms with Crippen LogP contribution in [0.1, 0.15) is 49.0 Å². The first-order valence-corrected chi connectivity index (χ1v) is 12.0. The van der Waals surface area contributed by atoms with Crippen LogP contribution in [0.25, 0.3) is 0 Å². The zero-order valence-electron chi connectivity index (χ0n) is 20.0. The largest absolute Gasteiger partial charge is 0.467 e. The number of halogens is 1. The lowest BCUT2D eigenvalue weighted by molar-refractivity contribution is -0.146. The number of hydrogen-bond donors (Lipinski definition) is 2. The predicted molar refractivity (Wildman–Crippen MR) is 132 cm³/mol. The molecule has 2 aromatic rings. The SMILES string of the molecule is COC(=O)C(Cc1ccc(NC(=O)c2cccnc2Cl)cc1)NC(=O)C1C[C@@H](C(C)=O)CC[C@@H]1C. The highest BCUT2D eigenvalue weighted by atomic mass is 35.5. The number of ether oxygens (including phenoxy) is 1. The fourth-order valence-corrected chi connectivity index (χ4v) is 4.59. The van der Waals surface area contributed by atoms with Crippen LogP contribution in [0.2, 0.25) is 5.15 Å². The van der Waals surface area contributed by atoms with Gasteiger partial charge in [-0.3, -0.25) is 14.4 Å². The fraction of sp³-hybridized carbons (Fsp3) is 0.423. The molecule has 2 N–H and O–H groups in total. The van der Waals surface area contributed by atoms with Crippen molar-refractivity contribution in [1.82, 2.24) is 10.3 Å². The molecule has 0 bridgehead atoms. The van der Waals surface area contributed by atoms with Crippen LogP contribution < -0.4 is 10.6 Å². The third kappa shape index (κ3) is 6.88. The second-order valence-corrected chi connectivity index (χ2v) is 9.34. The quantitative estimate of drug-likeness (QED) is 0.421. The van der Waals surface area contributed by atoms with E-state index in [9.17, 15) is 19.2 Å². The summed E-state index contributed by atoms with van der Waals surface area (Å²) >= 11 is 5.97. The molecule has 0 aliphatic heterocycles. The number of Topliss-reactive ketones (excluding diaryl/α,β-unsaturated/α-hetero) is 1. The van der Waals surface area contributed by atoms with E-state index in [1.807, 2.05) is 6.92 Å². The minimum atomic E-state index is -0.868. The summed E-state index contributed by atoms with van der Waals surface area (Å²) in [4.78, 5) is 53.6. The Morgan fingerprint density at radius 1 is 1.14 bits per heavy atom. The second kappa shape index (κ2) is 11.9. The number of benzene rings is 1. The van der Waals surface area contributed by atoms with E-state index in [2.05, 4.69) is 15.6 Å². The van der Waals surface area contributed by atoms with Crippen LogP contribution in [0.5, 0.6) is 0 Å². The summed E-state index contributed by atoms with van der Waals surface area (Å²) in [5, 5.41) is 5.70. The van der Waals surface area contributed by atoms with Gasteiger partial charge in [0.05, 0.1) is 12.7 Å². The standard InChI is InChI=1S/C26H30ClN3O5/c1-15-6-9-18(16(2)31)14-21(15)25(33)30-22(26(34)35-3)13-17-7-10-19(11-8-17)29-24(32)20-5-4-12-28-23(20)27/h4-5,7-8,10-12,15,18,21-22H,6,9,13-14H2,1-3H3,(H,29,32)(H,30,33)/t15-,18-,21?,22?/m0/s1. The Morgan fingerprint density at radius 2 is 1.86 bits per heavy atom. The molecule has 1 heterocycles. The van der Waals surface area contributed by atoms with Gasteiger partial charge in [0.25, 0.3) is 5.91 Å². The third-order valence-corrected chi connectivity index (χ3v) is 6.87. The van der Waals surface area contributed by atoms with Crippen molar-refractivity contribution in [3.8, 4) is 0 Å². The molecule has 0 radical (unpaired) electrons. The number of esters is 1. The Hall–Kier alpha value is -3.26. The molecular formula is C26H30ClN3O5. The highest BCUT2D eigenvalue weighted by molar-refractivity contribution is 6.33.